The first-order valence-electron chi connectivity index (χ1n) is 6.07. The van der Waals surface area contributed by atoms with Crippen LogP contribution in [-0.4, -0.2) is 23.4 Å². The summed E-state index contributed by atoms with van der Waals surface area (Å²) in [6.07, 6.45) is 0. The van der Waals surface area contributed by atoms with Crippen molar-refractivity contribution in [1.29, 1.82) is 0 Å². The molecule has 0 spiro atoms. The van der Waals surface area contributed by atoms with Crippen molar-refractivity contribution in [3.8, 4) is 0 Å². The van der Waals surface area contributed by atoms with Gasteiger partial charge in [-0.15, -0.1) is 0 Å². The van der Waals surface area contributed by atoms with Crippen LogP contribution in [0.2, 0.25) is 0 Å². The van der Waals surface area contributed by atoms with E-state index in [0.29, 0.717) is 5.56 Å². The number of carbonyl (C=O) groups is 2. The van der Waals surface area contributed by atoms with Crippen molar-refractivity contribution >= 4 is 27.7 Å². The smallest absolute Gasteiger partial charge is 0.251 e. The second-order valence-corrected chi connectivity index (χ2v) is 6.36. The molecule has 0 saturated carbocycles. The first kappa shape index (κ1) is 15.7. The van der Waals surface area contributed by atoms with Crippen LogP contribution in [0.4, 0.5) is 0 Å². The molecule has 0 saturated heterocycles. The van der Waals surface area contributed by atoms with Gasteiger partial charge < -0.3 is 10.6 Å². The Morgan fingerprint density at radius 1 is 1.16 bits per heavy atom. The fraction of sp³-hybridized carbons (Fsp3) is 0.429. The predicted molar refractivity (Wildman–Crippen MR) is 79.0 cm³/mol. The average Bonchev–Trinajstić information content (AvgIpc) is 2.27. The number of carbonyl (C=O) groups excluding carboxylic acids is 2. The molecule has 1 unspecified atom stereocenters. The highest BCUT2D eigenvalue weighted by atomic mass is 79.9. The Morgan fingerprint density at radius 3 is 2.16 bits per heavy atom. The molecule has 0 aliphatic heterocycles. The molecular formula is C14H19BrN2O2. The Kier molecular flexibility index (Phi) is 5.11. The third kappa shape index (κ3) is 5.42. The second-order valence-electron chi connectivity index (χ2n) is 5.44. The van der Waals surface area contributed by atoms with Crippen LogP contribution < -0.4 is 10.6 Å². The summed E-state index contributed by atoms with van der Waals surface area (Å²) in [6.45, 7) is 7.36. The summed E-state index contributed by atoms with van der Waals surface area (Å²) in [6, 6.07) is 6.40. The van der Waals surface area contributed by atoms with Crippen LogP contribution in [0, 0.1) is 0 Å². The lowest BCUT2D eigenvalue weighted by Gasteiger charge is -2.23. The van der Waals surface area contributed by atoms with E-state index in [9.17, 15) is 9.59 Å². The van der Waals surface area contributed by atoms with Crippen molar-refractivity contribution in [2.75, 3.05) is 0 Å². The minimum atomic E-state index is -0.574. The van der Waals surface area contributed by atoms with Gasteiger partial charge in [0, 0.05) is 15.6 Å². The number of hydrogen-bond donors (Lipinski definition) is 2. The topological polar surface area (TPSA) is 58.2 Å². The number of hydrogen-bond acceptors (Lipinski definition) is 2. The summed E-state index contributed by atoms with van der Waals surface area (Å²) < 4.78 is 0.905. The molecule has 1 atom stereocenters. The molecule has 0 aromatic heterocycles. The van der Waals surface area contributed by atoms with Crippen LogP contribution in [0.1, 0.15) is 38.1 Å². The first-order valence-corrected chi connectivity index (χ1v) is 6.87. The summed E-state index contributed by atoms with van der Waals surface area (Å²) in [7, 11) is 0. The third-order valence-electron chi connectivity index (χ3n) is 2.35. The highest BCUT2D eigenvalue weighted by Gasteiger charge is 2.20. The Balaban J connectivity index is 2.61. The first-order chi connectivity index (χ1) is 8.69. The van der Waals surface area contributed by atoms with Gasteiger partial charge in [0.25, 0.3) is 5.91 Å². The van der Waals surface area contributed by atoms with Gasteiger partial charge in [-0.3, -0.25) is 9.59 Å². The van der Waals surface area contributed by atoms with Crippen molar-refractivity contribution in [2.45, 2.75) is 39.3 Å². The van der Waals surface area contributed by atoms with Crippen LogP contribution in [0.25, 0.3) is 0 Å². The average molecular weight is 327 g/mol. The summed E-state index contributed by atoms with van der Waals surface area (Å²) >= 11 is 3.31. The van der Waals surface area contributed by atoms with E-state index >= 15 is 0 Å². The van der Waals surface area contributed by atoms with E-state index in [1.54, 1.807) is 31.2 Å². The molecule has 2 amide bonds. The van der Waals surface area contributed by atoms with Gasteiger partial charge in [-0.2, -0.15) is 0 Å². The van der Waals surface area contributed by atoms with Gasteiger partial charge in [-0.05, 0) is 52.0 Å². The summed E-state index contributed by atoms with van der Waals surface area (Å²) in [5.74, 6) is -0.456. The van der Waals surface area contributed by atoms with Crippen LogP contribution in [0.3, 0.4) is 0 Å². The van der Waals surface area contributed by atoms with Gasteiger partial charge in [0.2, 0.25) is 5.91 Å². The van der Waals surface area contributed by atoms with Gasteiger partial charge in [0.15, 0.2) is 0 Å². The summed E-state index contributed by atoms with van der Waals surface area (Å²) in [4.78, 5) is 23.8. The maximum absolute atomic E-state index is 11.9. The SMILES string of the molecule is CC(NC(=O)c1ccc(Br)cc1)C(=O)NC(C)(C)C. The highest BCUT2D eigenvalue weighted by molar-refractivity contribution is 9.10. The minimum Gasteiger partial charge on any atom is -0.350 e. The van der Waals surface area contributed by atoms with Crippen LogP contribution in [-0.2, 0) is 4.79 Å². The van der Waals surface area contributed by atoms with Crippen molar-refractivity contribution in [1.82, 2.24) is 10.6 Å². The van der Waals surface area contributed by atoms with Crippen LogP contribution >= 0.6 is 15.9 Å². The molecule has 2 N–H and O–H groups in total. The van der Waals surface area contributed by atoms with Crippen molar-refractivity contribution in [2.24, 2.45) is 0 Å². The molecule has 0 aliphatic carbocycles. The summed E-state index contributed by atoms with van der Waals surface area (Å²) in [5, 5.41) is 5.50. The maximum atomic E-state index is 11.9. The third-order valence-corrected chi connectivity index (χ3v) is 2.87. The molecule has 0 aliphatic rings. The van der Waals surface area contributed by atoms with Gasteiger partial charge in [-0.1, -0.05) is 15.9 Å². The van der Waals surface area contributed by atoms with Crippen LogP contribution in [0.5, 0.6) is 0 Å². The Labute approximate surface area is 122 Å². The van der Waals surface area contributed by atoms with E-state index in [4.69, 9.17) is 0 Å². The molecule has 5 heteroatoms. The molecule has 4 nitrogen and oxygen atoms in total. The lowest BCUT2D eigenvalue weighted by Crippen LogP contribution is -2.50. The van der Waals surface area contributed by atoms with E-state index in [1.165, 1.54) is 0 Å². The van der Waals surface area contributed by atoms with E-state index in [2.05, 4.69) is 26.6 Å². The lowest BCUT2D eigenvalue weighted by atomic mass is 10.1. The number of benzene rings is 1. The van der Waals surface area contributed by atoms with E-state index in [-0.39, 0.29) is 17.4 Å². The summed E-state index contributed by atoms with van der Waals surface area (Å²) in [5.41, 5.74) is 0.215. The zero-order chi connectivity index (χ0) is 14.6. The Morgan fingerprint density at radius 2 is 1.68 bits per heavy atom. The van der Waals surface area contributed by atoms with Gasteiger partial charge in [0.05, 0.1) is 0 Å². The van der Waals surface area contributed by atoms with Crippen molar-refractivity contribution in [3.63, 3.8) is 0 Å². The monoisotopic (exact) mass is 326 g/mol. The fourth-order valence-electron chi connectivity index (χ4n) is 1.42. The number of nitrogens with one attached hydrogen (secondary N) is 2. The highest BCUT2D eigenvalue weighted by Crippen LogP contribution is 2.10. The molecule has 19 heavy (non-hydrogen) atoms. The zero-order valence-corrected chi connectivity index (χ0v) is 13.2. The number of halogens is 1. The zero-order valence-electron chi connectivity index (χ0n) is 11.6. The molecule has 0 fully saturated rings. The van der Waals surface area contributed by atoms with Gasteiger partial charge in [0.1, 0.15) is 6.04 Å². The van der Waals surface area contributed by atoms with Gasteiger partial charge >= 0.3 is 0 Å². The van der Waals surface area contributed by atoms with E-state index in [1.807, 2.05) is 20.8 Å². The van der Waals surface area contributed by atoms with Crippen molar-refractivity contribution in [3.05, 3.63) is 34.3 Å². The molecular weight excluding hydrogens is 308 g/mol. The molecule has 104 valence electrons. The minimum absolute atomic E-state index is 0.196. The van der Waals surface area contributed by atoms with Crippen LogP contribution in [0.15, 0.2) is 28.7 Å². The quantitative estimate of drug-likeness (QED) is 0.896. The molecule has 0 bridgehead atoms. The second kappa shape index (κ2) is 6.19. The molecule has 1 rings (SSSR count). The standard InChI is InChI=1S/C14H19BrN2O2/c1-9(12(18)17-14(2,3)4)16-13(19)10-5-7-11(15)8-6-10/h5-9H,1-4H3,(H,16,19)(H,17,18). The van der Waals surface area contributed by atoms with E-state index in [0.717, 1.165) is 4.47 Å². The van der Waals surface area contributed by atoms with Crippen molar-refractivity contribution < 1.29 is 9.59 Å². The lowest BCUT2D eigenvalue weighted by molar-refractivity contribution is -0.124. The fourth-order valence-corrected chi connectivity index (χ4v) is 1.69. The van der Waals surface area contributed by atoms with E-state index < -0.39 is 6.04 Å². The maximum Gasteiger partial charge on any atom is 0.251 e. The molecule has 0 heterocycles. The largest absolute Gasteiger partial charge is 0.350 e. The molecule has 0 radical (unpaired) electrons. The number of rotatable bonds is 3. The molecule has 1 aromatic rings. The Bertz CT molecular complexity index is 463. The number of amides is 2. The predicted octanol–water partition coefficient (Wildman–Crippen LogP) is 2.48. The normalized spacial score (nSPS) is 12.7. The Hall–Kier alpha value is -1.36. The van der Waals surface area contributed by atoms with Gasteiger partial charge in [-0.25, -0.2) is 0 Å². The molecule has 1 aromatic carbocycles.